The Labute approximate surface area is 100 Å². The summed E-state index contributed by atoms with van der Waals surface area (Å²) in [7, 11) is 0. The first-order chi connectivity index (χ1) is 8.08. The minimum atomic E-state index is -1.00. The molecule has 2 rings (SSSR count). The van der Waals surface area contributed by atoms with E-state index in [0.717, 1.165) is 12.2 Å². The molecule has 1 aliphatic heterocycles. The van der Waals surface area contributed by atoms with Gasteiger partial charge in [-0.1, -0.05) is 0 Å². The first kappa shape index (κ1) is 11.9. The van der Waals surface area contributed by atoms with E-state index in [4.69, 9.17) is 9.84 Å². The van der Waals surface area contributed by atoms with E-state index in [2.05, 4.69) is 16.8 Å². The Morgan fingerprint density at radius 2 is 2.29 bits per heavy atom. The van der Waals surface area contributed by atoms with Crippen molar-refractivity contribution in [2.24, 2.45) is 0 Å². The van der Waals surface area contributed by atoms with Gasteiger partial charge >= 0.3 is 5.97 Å². The average Bonchev–Trinajstić information content (AvgIpc) is 2.32. The first-order valence-corrected chi connectivity index (χ1v) is 5.65. The molecule has 5 nitrogen and oxygen atoms in total. The predicted molar refractivity (Wildman–Crippen MR) is 63.4 cm³/mol. The Kier molecular flexibility index (Phi) is 3.28. The number of pyridine rings is 1. The first-order valence-electron chi connectivity index (χ1n) is 5.65. The monoisotopic (exact) mass is 236 g/mol. The number of anilines is 1. The number of carboxylic acids is 1. The van der Waals surface area contributed by atoms with Crippen LogP contribution in [0.25, 0.3) is 0 Å². The number of hydrogen-bond donors (Lipinski definition) is 1. The van der Waals surface area contributed by atoms with Crippen LogP contribution in [0.4, 0.5) is 5.69 Å². The molecule has 0 spiro atoms. The molecule has 0 radical (unpaired) electrons. The summed E-state index contributed by atoms with van der Waals surface area (Å²) >= 11 is 0. The summed E-state index contributed by atoms with van der Waals surface area (Å²) in [6.45, 7) is 5.59. The molecule has 0 saturated carbocycles. The summed E-state index contributed by atoms with van der Waals surface area (Å²) in [4.78, 5) is 16.8. The van der Waals surface area contributed by atoms with Crippen molar-refractivity contribution in [2.75, 3.05) is 18.1 Å². The van der Waals surface area contributed by atoms with Crippen molar-refractivity contribution in [3.05, 3.63) is 24.0 Å². The molecule has 0 amide bonds. The molecular formula is C12H16N2O3. The van der Waals surface area contributed by atoms with Crippen LogP contribution in [-0.2, 0) is 4.74 Å². The fourth-order valence-electron chi connectivity index (χ4n) is 1.95. The third kappa shape index (κ3) is 2.55. The molecule has 1 aromatic rings. The Morgan fingerprint density at radius 1 is 1.53 bits per heavy atom. The Hall–Kier alpha value is -1.62. The van der Waals surface area contributed by atoms with Gasteiger partial charge in [-0.3, -0.25) is 0 Å². The summed E-state index contributed by atoms with van der Waals surface area (Å²) < 4.78 is 5.55. The molecule has 17 heavy (non-hydrogen) atoms. The normalized spacial score (nSPS) is 24.7. The minimum Gasteiger partial charge on any atom is -0.477 e. The lowest BCUT2D eigenvalue weighted by Gasteiger charge is -2.38. The van der Waals surface area contributed by atoms with Crippen LogP contribution in [0.2, 0.25) is 0 Å². The number of aromatic carboxylic acids is 1. The molecule has 1 fully saturated rings. The number of hydrogen-bond acceptors (Lipinski definition) is 4. The molecule has 1 aromatic heterocycles. The van der Waals surface area contributed by atoms with Gasteiger partial charge in [0.15, 0.2) is 0 Å². The van der Waals surface area contributed by atoms with E-state index < -0.39 is 5.97 Å². The number of rotatable bonds is 2. The Morgan fingerprint density at radius 3 is 2.88 bits per heavy atom. The van der Waals surface area contributed by atoms with Gasteiger partial charge in [0.05, 0.1) is 24.6 Å². The highest BCUT2D eigenvalue weighted by Gasteiger charge is 2.23. The van der Waals surface area contributed by atoms with Crippen molar-refractivity contribution in [1.82, 2.24) is 4.98 Å². The molecule has 0 aliphatic carbocycles. The predicted octanol–water partition coefficient (Wildman–Crippen LogP) is 1.39. The second-order valence-electron chi connectivity index (χ2n) is 4.35. The van der Waals surface area contributed by atoms with Gasteiger partial charge < -0.3 is 14.7 Å². The molecule has 1 saturated heterocycles. The highest BCUT2D eigenvalue weighted by Crippen LogP contribution is 2.20. The number of ether oxygens (including phenoxy) is 1. The zero-order chi connectivity index (χ0) is 12.4. The average molecular weight is 236 g/mol. The highest BCUT2D eigenvalue weighted by atomic mass is 16.5. The van der Waals surface area contributed by atoms with Gasteiger partial charge in [0.25, 0.3) is 0 Å². The summed E-state index contributed by atoms with van der Waals surface area (Å²) in [5, 5.41) is 8.78. The van der Waals surface area contributed by atoms with E-state index in [1.54, 1.807) is 12.3 Å². The van der Waals surface area contributed by atoms with Crippen LogP contribution < -0.4 is 4.90 Å². The van der Waals surface area contributed by atoms with Crippen LogP contribution in [0, 0.1) is 0 Å². The van der Waals surface area contributed by atoms with E-state index in [-0.39, 0.29) is 17.8 Å². The van der Waals surface area contributed by atoms with Gasteiger partial charge in [-0.05, 0) is 26.0 Å². The van der Waals surface area contributed by atoms with Crippen LogP contribution in [0.1, 0.15) is 24.3 Å². The lowest BCUT2D eigenvalue weighted by molar-refractivity contribution is 0.0343. The number of morpholine rings is 1. The van der Waals surface area contributed by atoms with E-state index in [9.17, 15) is 4.79 Å². The number of aromatic nitrogens is 1. The number of nitrogens with zero attached hydrogens (tertiary/aromatic N) is 2. The highest BCUT2D eigenvalue weighted by molar-refractivity contribution is 5.85. The summed E-state index contributed by atoms with van der Waals surface area (Å²) in [6, 6.07) is 3.61. The largest absolute Gasteiger partial charge is 0.477 e. The maximum absolute atomic E-state index is 10.7. The molecule has 92 valence electrons. The molecule has 1 aliphatic rings. The van der Waals surface area contributed by atoms with Gasteiger partial charge in [-0.2, -0.15) is 0 Å². The van der Waals surface area contributed by atoms with E-state index in [1.807, 2.05) is 6.92 Å². The zero-order valence-electron chi connectivity index (χ0n) is 9.96. The second-order valence-corrected chi connectivity index (χ2v) is 4.35. The second kappa shape index (κ2) is 4.71. The van der Waals surface area contributed by atoms with Crippen LogP contribution in [0.15, 0.2) is 18.3 Å². The lowest BCUT2D eigenvalue weighted by Crippen LogP contribution is -2.47. The van der Waals surface area contributed by atoms with Gasteiger partial charge in [0.2, 0.25) is 0 Å². The van der Waals surface area contributed by atoms with Crippen molar-refractivity contribution in [2.45, 2.75) is 26.0 Å². The molecule has 1 N–H and O–H groups in total. The summed E-state index contributed by atoms with van der Waals surface area (Å²) in [5.41, 5.74) is 1.01. The van der Waals surface area contributed by atoms with E-state index >= 15 is 0 Å². The van der Waals surface area contributed by atoms with Gasteiger partial charge in [0.1, 0.15) is 5.69 Å². The van der Waals surface area contributed by atoms with Gasteiger partial charge in [-0.15, -0.1) is 0 Å². The van der Waals surface area contributed by atoms with Crippen molar-refractivity contribution >= 4 is 11.7 Å². The number of carboxylic acid groups (broad SMARTS) is 1. The lowest BCUT2D eigenvalue weighted by atomic mass is 10.2. The van der Waals surface area contributed by atoms with Crippen LogP contribution >= 0.6 is 0 Å². The molecule has 2 atom stereocenters. The van der Waals surface area contributed by atoms with Crippen molar-refractivity contribution in [1.29, 1.82) is 0 Å². The molecule has 2 unspecified atom stereocenters. The molecular weight excluding hydrogens is 220 g/mol. The molecule has 0 aromatic carbocycles. The van der Waals surface area contributed by atoms with Crippen molar-refractivity contribution in [3.63, 3.8) is 0 Å². The standard InChI is InChI=1S/C12H16N2O3/c1-8-7-17-9(2)6-14(8)10-3-4-11(12(15)16)13-5-10/h3-5,8-9H,6-7H2,1-2H3,(H,15,16). The van der Waals surface area contributed by atoms with Crippen molar-refractivity contribution in [3.8, 4) is 0 Å². The van der Waals surface area contributed by atoms with Gasteiger partial charge in [0, 0.05) is 12.6 Å². The minimum absolute atomic E-state index is 0.0720. The molecule has 5 heteroatoms. The third-order valence-electron chi connectivity index (χ3n) is 2.91. The summed E-state index contributed by atoms with van der Waals surface area (Å²) in [6.07, 6.45) is 1.79. The van der Waals surface area contributed by atoms with Crippen LogP contribution in [0.5, 0.6) is 0 Å². The smallest absolute Gasteiger partial charge is 0.354 e. The van der Waals surface area contributed by atoms with Crippen LogP contribution in [0.3, 0.4) is 0 Å². The van der Waals surface area contributed by atoms with E-state index in [1.165, 1.54) is 6.07 Å². The van der Waals surface area contributed by atoms with E-state index in [0.29, 0.717) is 6.61 Å². The number of carbonyl (C=O) groups is 1. The fraction of sp³-hybridized carbons (Fsp3) is 0.500. The van der Waals surface area contributed by atoms with Crippen LogP contribution in [-0.4, -0.2) is 41.4 Å². The van der Waals surface area contributed by atoms with Gasteiger partial charge in [-0.25, -0.2) is 9.78 Å². The molecule has 2 heterocycles. The fourth-order valence-corrected chi connectivity index (χ4v) is 1.95. The maximum atomic E-state index is 10.7. The third-order valence-corrected chi connectivity index (χ3v) is 2.91. The maximum Gasteiger partial charge on any atom is 0.354 e. The topological polar surface area (TPSA) is 62.7 Å². The quantitative estimate of drug-likeness (QED) is 0.840. The van der Waals surface area contributed by atoms with Crippen molar-refractivity contribution < 1.29 is 14.6 Å². The molecule has 0 bridgehead atoms. The Balaban J connectivity index is 2.18. The zero-order valence-corrected chi connectivity index (χ0v) is 9.96. The Bertz CT molecular complexity index is 405. The SMILES string of the molecule is CC1CN(c2ccc(C(=O)O)nc2)C(C)CO1. The summed E-state index contributed by atoms with van der Waals surface area (Å²) in [5.74, 6) is -1.00.